The molecule has 0 aromatic carbocycles. The van der Waals surface area contributed by atoms with Crippen molar-refractivity contribution in [3.63, 3.8) is 0 Å². The van der Waals surface area contributed by atoms with Gasteiger partial charge >= 0.3 is 0 Å². The summed E-state index contributed by atoms with van der Waals surface area (Å²) in [6.07, 6.45) is 0. The van der Waals surface area contributed by atoms with Crippen molar-refractivity contribution < 1.29 is 0 Å². The Balaban J connectivity index is 1.98. The maximum Gasteiger partial charge on any atom is 0.0897 e. The van der Waals surface area contributed by atoms with Crippen molar-refractivity contribution >= 4 is 22.7 Å². The summed E-state index contributed by atoms with van der Waals surface area (Å²) in [4.78, 5) is 9.43. The fraction of sp³-hybridized carbons (Fsp3) is 0.462. The molecule has 0 bridgehead atoms. The zero-order chi connectivity index (χ0) is 13.1. The molecular formula is C13H19N3S2. The first-order valence-electron chi connectivity index (χ1n) is 5.96. The van der Waals surface area contributed by atoms with Crippen LogP contribution in [0.5, 0.6) is 0 Å². The number of aryl methyl sites for hydroxylation is 2. The van der Waals surface area contributed by atoms with E-state index in [0.717, 1.165) is 23.8 Å². The molecule has 0 radical (unpaired) electrons. The van der Waals surface area contributed by atoms with Crippen LogP contribution in [0.3, 0.4) is 0 Å². The van der Waals surface area contributed by atoms with E-state index in [1.165, 1.54) is 15.3 Å². The summed E-state index contributed by atoms with van der Waals surface area (Å²) in [5, 5.41) is 3.27. The van der Waals surface area contributed by atoms with Gasteiger partial charge in [-0.3, -0.25) is 4.90 Å². The second kappa shape index (κ2) is 5.93. The summed E-state index contributed by atoms with van der Waals surface area (Å²) in [6, 6.07) is 2.22. The normalized spacial score (nSPS) is 11.4. The lowest BCUT2D eigenvalue weighted by Gasteiger charge is -2.14. The molecule has 0 saturated heterocycles. The van der Waals surface area contributed by atoms with Crippen LogP contribution in [-0.2, 0) is 19.6 Å². The van der Waals surface area contributed by atoms with Gasteiger partial charge in [0.05, 0.1) is 10.7 Å². The number of hydrogen-bond donors (Lipinski definition) is 1. The third-order valence-electron chi connectivity index (χ3n) is 2.81. The molecule has 0 spiro atoms. The number of thiophene rings is 1. The topological polar surface area (TPSA) is 42.2 Å². The second-order valence-corrected chi connectivity index (χ2v) is 6.93. The van der Waals surface area contributed by atoms with Crippen LogP contribution in [0.4, 0.5) is 0 Å². The summed E-state index contributed by atoms with van der Waals surface area (Å²) in [7, 11) is 2.13. The molecule has 0 saturated carbocycles. The van der Waals surface area contributed by atoms with Crippen molar-refractivity contribution in [3.05, 3.63) is 37.5 Å². The maximum atomic E-state index is 5.68. The highest BCUT2D eigenvalue weighted by Crippen LogP contribution is 2.22. The quantitative estimate of drug-likeness (QED) is 0.916. The van der Waals surface area contributed by atoms with E-state index in [9.17, 15) is 0 Å². The molecule has 0 amide bonds. The van der Waals surface area contributed by atoms with Crippen LogP contribution in [0.15, 0.2) is 11.4 Å². The molecule has 3 nitrogen and oxygen atoms in total. The van der Waals surface area contributed by atoms with Gasteiger partial charge in [0.15, 0.2) is 0 Å². The first-order chi connectivity index (χ1) is 8.58. The van der Waals surface area contributed by atoms with Crippen molar-refractivity contribution in [1.82, 2.24) is 9.88 Å². The highest BCUT2D eigenvalue weighted by Gasteiger charge is 2.09. The van der Waals surface area contributed by atoms with Gasteiger partial charge in [0, 0.05) is 34.8 Å². The van der Waals surface area contributed by atoms with E-state index in [1.807, 2.05) is 6.92 Å². The predicted octanol–water partition coefficient (Wildman–Crippen LogP) is 2.91. The minimum absolute atomic E-state index is 0.639. The van der Waals surface area contributed by atoms with Gasteiger partial charge in [-0.15, -0.1) is 22.7 Å². The molecule has 2 N–H and O–H groups in total. The van der Waals surface area contributed by atoms with E-state index in [2.05, 4.69) is 35.3 Å². The number of nitrogens with zero attached hydrogens (tertiary/aromatic N) is 2. The van der Waals surface area contributed by atoms with Crippen molar-refractivity contribution in [2.24, 2.45) is 5.73 Å². The van der Waals surface area contributed by atoms with Crippen LogP contribution in [0.25, 0.3) is 0 Å². The van der Waals surface area contributed by atoms with Crippen LogP contribution in [0.1, 0.15) is 26.0 Å². The maximum absolute atomic E-state index is 5.68. The van der Waals surface area contributed by atoms with Gasteiger partial charge in [-0.1, -0.05) is 0 Å². The molecule has 98 valence electrons. The van der Waals surface area contributed by atoms with E-state index in [4.69, 9.17) is 5.73 Å². The lowest BCUT2D eigenvalue weighted by molar-refractivity contribution is 0.315. The Labute approximate surface area is 116 Å². The van der Waals surface area contributed by atoms with Gasteiger partial charge in [0.2, 0.25) is 0 Å². The standard InChI is InChI=1S/C13H19N3S2/c1-9-11(4-13(5-14)18-9)6-16(3)7-12-8-17-10(2)15-12/h4,8H,5-7,14H2,1-3H3. The lowest BCUT2D eigenvalue weighted by atomic mass is 10.2. The molecule has 0 aliphatic carbocycles. The van der Waals surface area contributed by atoms with E-state index in [-0.39, 0.29) is 0 Å². The molecule has 0 aliphatic heterocycles. The average molecular weight is 281 g/mol. The van der Waals surface area contributed by atoms with Crippen molar-refractivity contribution in [2.75, 3.05) is 7.05 Å². The molecule has 0 unspecified atom stereocenters. The Morgan fingerprint density at radius 3 is 2.67 bits per heavy atom. The average Bonchev–Trinajstić information content (AvgIpc) is 2.86. The largest absolute Gasteiger partial charge is 0.326 e. The number of thiazole rings is 1. The monoisotopic (exact) mass is 281 g/mol. The molecule has 2 rings (SSSR count). The number of nitrogens with two attached hydrogens (primary N) is 1. The Hall–Kier alpha value is -0.750. The Morgan fingerprint density at radius 2 is 2.11 bits per heavy atom. The molecule has 2 aromatic heterocycles. The van der Waals surface area contributed by atoms with Gasteiger partial charge in [-0.2, -0.15) is 0 Å². The first kappa shape index (κ1) is 13.7. The lowest BCUT2D eigenvalue weighted by Crippen LogP contribution is -2.17. The van der Waals surface area contributed by atoms with Crippen molar-refractivity contribution in [1.29, 1.82) is 0 Å². The van der Waals surface area contributed by atoms with Gasteiger partial charge < -0.3 is 5.73 Å². The summed E-state index contributed by atoms with van der Waals surface area (Å²) >= 11 is 3.51. The van der Waals surface area contributed by atoms with Crippen LogP contribution in [-0.4, -0.2) is 16.9 Å². The second-order valence-electron chi connectivity index (χ2n) is 4.53. The highest BCUT2D eigenvalue weighted by molar-refractivity contribution is 7.12. The number of hydrogen-bond acceptors (Lipinski definition) is 5. The summed E-state index contributed by atoms with van der Waals surface area (Å²) in [5.41, 5.74) is 8.22. The molecule has 5 heteroatoms. The first-order valence-corrected chi connectivity index (χ1v) is 7.66. The molecular weight excluding hydrogens is 262 g/mol. The zero-order valence-corrected chi connectivity index (χ0v) is 12.7. The molecule has 0 atom stereocenters. The third-order valence-corrected chi connectivity index (χ3v) is 4.75. The van der Waals surface area contributed by atoms with Crippen molar-refractivity contribution in [3.8, 4) is 0 Å². The zero-order valence-electron chi connectivity index (χ0n) is 11.1. The number of rotatable bonds is 5. The summed E-state index contributed by atoms with van der Waals surface area (Å²) < 4.78 is 0. The van der Waals surface area contributed by atoms with E-state index in [0.29, 0.717) is 6.54 Å². The van der Waals surface area contributed by atoms with E-state index in [1.54, 1.807) is 22.7 Å². The van der Waals surface area contributed by atoms with Gasteiger partial charge in [-0.25, -0.2) is 4.98 Å². The molecule has 2 aromatic rings. The van der Waals surface area contributed by atoms with Crippen LogP contribution < -0.4 is 5.73 Å². The van der Waals surface area contributed by atoms with E-state index < -0.39 is 0 Å². The highest BCUT2D eigenvalue weighted by atomic mass is 32.1. The van der Waals surface area contributed by atoms with Crippen molar-refractivity contribution in [2.45, 2.75) is 33.5 Å². The molecule has 18 heavy (non-hydrogen) atoms. The van der Waals surface area contributed by atoms with Crippen LogP contribution >= 0.6 is 22.7 Å². The van der Waals surface area contributed by atoms with Gasteiger partial charge in [0.25, 0.3) is 0 Å². The van der Waals surface area contributed by atoms with E-state index >= 15 is 0 Å². The Bertz CT molecular complexity index is 516. The predicted molar refractivity (Wildman–Crippen MR) is 79.0 cm³/mol. The fourth-order valence-corrected chi connectivity index (χ4v) is 3.49. The minimum Gasteiger partial charge on any atom is -0.326 e. The summed E-state index contributed by atoms with van der Waals surface area (Å²) in [6.45, 7) is 6.71. The summed E-state index contributed by atoms with van der Waals surface area (Å²) in [5.74, 6) is 0. The van der Waals surface area contributed by atoms with Crippen LogP contribution in [0.2, 0.25) is 0 Å². The minimum atomic E-state index is 0.639. The third kappa shape index (κ3) is 3.38. The van der Waals surface area contributed by atoms with Crippen LogP contribution in [0, 0.1) is 13.8 Å². The molecule has 0 fully saturated rings. The van der Waals surface area contributed by atoms with Gasteiger partial charge in [0.1, 0.15) is 0 Å². The Morgan fingerprint density at radius 1 is 1.33 bits per heavy atom. The smallest absolute Gasteiger partial charge is 0.0897 e. The molecule has 2 heterocycles. The fourth-order valence-electron chi connectivity index (χ4n) is 1.95. The number of aromatic nitrogens is 1. The Kier molecular flexibility index (Phi) is 4.50. The SMILES string of the molecule is Cc1nc(CN(C)Cc2cc(CN)sc2C)cs1. The van der Waals surface area contributed by atoms with Gasteiger partial charge in [-0.05, 0) is 32.5 Å². The molecule has 0 aliphatic rings.